The topological polar surface area (TPSA) is 27.1 Å². The third-order valence-corrected chi connectivity index (χ3v) is 2.79. The van der Waals surface area contributed by atoms with E-state index in [2.05, 4.69) is 17.2 Å². The first-order valence-electron chi connectivity index (χ1n) is 5.36. The summed E-state index contributed by atoms with van der Waals surface area (Å²) in [5.41, 5.74) is 3.35. The maximum Gasteiger partial charge on any atom is 0.0813 e. The van der Waals surface area contributed by atoms with E-state index in [0.717, 1.165) is 16.9 Å². The molecule has 0 N–H and O–H groups in total. The van der Waals surface area contributed by atoms with Crippen molar-refractivity contribution in [3.63, 3.8) is 0 Å². The second-order valence-electron chi connectivity index (χ2n) is 3.82. The summed E-state index contributed by atoms with van der Waals surface area (Å²) in [5.74, 6) is 0. The van der Waals surface area contributed by atoms with Gasteiger partial charge in [-0.2, -0.15) is 5.10 Å². The molecule has 0 radical (unpaired) electrons. The molecule has 0 saturated carbocycles. The molecular formula is C13H16N2O. The molecule has 1 unspecified atom stereocenters. The summed E-state index contributed by atoms with van der Waals surface area (Å²) in [6.45, 7) is 4.08. The van der Waals surface area contributed by atoms with Crippen LogP contribution in [0.25, 0.3) is 5.69 Å². The first kappa shape index (κ1) is 10.9. The van der Waals surface area contributed by atoms with Gasteiger partial charge >= 0.3 is 0 Å². The Morgan fingerprint density at radius 1 is 1.25 bits per heavy atom. The molecule has 0 aliphatic heterocycles. The lowest BCUT2D eigenvalue weighted by atomic mass is 10.1. The summed E-state index contributed by atoms with van der Waals surface area (Å²) in [6.07, 6.45) is 1.88. The van der Waals surface area contributed by atoms with Crippen molar-refractivity contribution in [1.82, 2.24) is 9.78 Å². The van der Waals surface area contributed by atoms with Gasteiger partial charge in [0.25, 0.3) is 0 Å². The monoisotopic (exact) mass is 216 g/mol. The molecule has 0 amide bonds. The number of hydrogen-bond donors (Lipinski definition) is 0. The van der Waals surface area contributed by atoms with Crippen LogP contribution < -0.4 is 0 Å². The molecular weight excluding hydrogens is 200 g/mol. The second-order valence-corrected chi connectivity index (χ2v) is 3.82. The minimum atomic E-state index is 0.0693. The number of aryl methyl sites for hydroxylation is 1. The number of benzene rings is 1. The molecule has 0 aliphatic rings. The maximum atomic E-state index is 5.37. The van der Waals surface area contributed by atoms with E-state index in [4.69, 9.17) is 4.74 Å². The molecule has 16 heavy (non-hydrogen) atoms. The van der Waals surface area contributed by atoms with E-state index in [1.165, 1.54) is 0 Å². The zero-order valence-electron chi connectivity index (χ0n) is 9.84. The Labute approximate surface area is 95.7 Å². The Morgan fingerprint density at radius 2 is 2.00 bits per heavy atom. The number of rotatable bonds is 3. The average molecular weight is 216 g/mol. The normalized spacial score (nSPS) is 12.7. The number of ether oxygens (including phenoxy) is 1. The van der Waals surface area contributed by atoms with Crippen LogP contribution in [0.15, 0.2) is 36.5 Å². The molecule has 1 aromatic carbocycles. The van der Waals surface area contributed by atoms with E-state index < -0.39 is 0 Å². The smallest absolute Gasteiger partial charge is 0.0813 e. The van der Waals surface area contributed by atoms with Crippen LogP contribution in [-0.2, 0) is 4.74 Å². The van der Waals surface area contributed by atoms with Crippen molar-refractivity contribution in [2.24, 2.45) is 0 Å². The first-order chi connectivity index (χ1) is 7.74. The summed E-state index contributed by atoms with van der Waals surface area (Å²) < 4.78 is 7.31. The Hall–Kier alpha value is -1.61. The standard InChI is InChI=1S/C13H16N2O/c1-10-8-9-14-15(10)13-7-5-4-6-12(13)11(2)16-3/h4-9,11H,1-3H3. The van der Waals surface area contributed by atoms with Crippen molar-refractivity contribution in [1.29, 1.82) is 0 Å². The van der Waals surface area contributed by atoms with Crippen LogP contribution in [0.5, 0.6) is 0 Å². The fourth-order valence-corrected chi connectivity index (χ4v) is 1.77. The maximum absolute atomic E-state index is 5.37. The Morgan fingerprint density at radius 3 is 2.62 bits per heavy atom. The molecule has 2 aromatic rings. The summed E-state index contributed by atoms with van der Waals surface area (Å²) in [7, 11) is 1.72. The van der Waals surface area contributed by atoms with Crippen LogP contribution >= 0.6 is 0 Å². The Balaban J connectivity index is 2.53. The molecule has 0 aliphatic carbocycles. The highest BCUT2D eigenvalue weighted by Gasteiger charge is 2.11. The van der Waals surface area contributed by atoms with Crippen LogP contribution in [-0.4, -0.2) is 16.9 Å². The largest absolute Gasteiger partial charge is 0.377 e. The van der Waals surface area contributed by atoms with Gasteiger partial charge in [-0.05, 0) is 26.0 Å². The van der Waals surface area contributed by atoms with Crippen molar-refractivity contribution in [3.05, 3.63) is 47.8 Å². The summed E-state index contributed by atoms with van der Waals surface area (Å²) in [6, 6.07) is 10.2. The van der Waals surface area contributed by atoms with Gasteiger partial charge in [0.2, 0.25) is 0 Å². The van der Waals surface area contributed by atoms with Crippen LogP contribution in [0, 0.1) is 6.92 Å². The van der Waals surface area contributed by atoms with Gasteiger partial charge in [0.05, 0.1) is 11.8 Å². The predicted molar refractivity (Wildman–Crippen MR) is 63.7 cm³/mol. The Kier molecular flexibility index (Phi) is 3.06. The molecule has 0 saturated heterocycles. The summed E-state index contributed by atoms with van der Waals surface area (Å²) in [4.78, 5) is 0. The molecule has 84 valence electrons. The van der Waals surface area contributed by atoms with Gasteiger partial charge in [-0.1, -0.05) is 18.2 Å². The van der Waals surface area contributed by atoms with Gasteiger partial charge in [-0.25, -0.2) is 4.68 Å². The SMILES string of the molecule is COC(C)c1ccccc1-n1nccc1C. The lowest BCUT2D eigenvalue weighted by Crippen LogP contribution is -2.06. The summed E-state index contributed by atoms with van der Waals surface area (Å²) in [5, 5.41) is 4.32. The van der Waals surface area contributed by atoms with Crippen LogP contribution in [0.4, 0.5) is 0 Å². The molecule has 3 heteroatoms. The molecule has 2 rings (SSSR count). The van der Waals surface area contributed by atoms with Crippen molar-refractivity contribution >= 4 is 0 Å². The zero-order valence-corrected chi connectivity index (χ0v) is 9.84. The number of aromatic nitrogens is 2. The molecule has 1 atom stereocenters. The quantitative estimate of drug-likeness (QED) is 0.788. The number of nitrogens with zero attached hydrogens (tertiary/aromatic N) is 2. The lowest BCUT2D eigenvalue weighted by molar-refractivity contribution is 0.119. The summed E-state index contributed by atoms with van der Waals surface area (Å²) >= 11 is 0. The van der Waals surface area contributed by atoms with Crippen molar-refractivity contribution in [2.45, 2.75) is 20.0 Å². The highest BCUT2D eigenvalue weighted by molar-refractivity contribution is 5.42. The molecule has 0 spiro atoms. The van der Waals surface area contributed by atoms with Crippen molar-refractivity contribution < 1.29 is 4.74 Å². The Bertz CT molecular complexity index is 476. The van der Waals surface area contributed by atoms with E-state index >= 15 is 0 Å². The zero-order chi connectivity index (χ0) is 11.5. The third kappa shape index (κ3) is 1.86. The van der Waals surface area contributed by atoms with Gasteiger partial charge in [-0.15, -0.1) is 0 Å². The first-order valence-corrected chi connectivity index (χ1v) is 5.36. The molecule has 0 bridgehead atoms. The molecule has 1 heterocycles. The van der Waals surface area contributed by atoms with E-state index in [9.17, 15) is 0 Å². The number of methoxy groups -OCH3 is 1. The van der Waals surface area contributed by atoms with Gasteiger partial charge in [0.15, 0.2) is 0 Å². The van der Waals surface area contributed by atoms with Gasteiger partial charge in [-0.3, -0.25) is 0 Å². The van der Waals surface area contributed by atoms with E-state index in [1.807, 2.05) is 42.9 Å². The highest BCUT2D eigenvalue weighted by atomic mass is 16.5. The van der Waals surface area contributed by atoms with Crippen LogP contribution in [0.2, 0.25) is 0 Å². The van der Waals surface area contributed by atoms with Crippen LogP contribution in [0.1, 0.15) is 24.3 Å². The van der Waals surface area contributed by atoms with E-state index in [0.29, 0.717) is 0 Å². The van der Waals surface area contributed by atoms with Gasteiger partial charge in [0.1, 0.15) is 0 Å². The fraction of sp³-hybridized carbons (Fsp3) is 0.308. The second kappa shape index (κ2) is 4.49. The number of hydrogen-bond acceptors (Lipinski definition) is 2. The van der Waals surface area contributed by atoms with Gasteiger partial charge < -0.3 is 4.74 Å². The minimum Gasteiger partial charge on any atom is -0.377 e. The van der Waals surface area contributed by atoms with Crippen molar-refractivity contribution in [2.75, 3.05) is 7.11 Å². The molecule has 3 nitrogen and oxygen atoms in total. The van der Waals surface area contributed by atoms with E-state index in [1.54, 1.807) is 7.11 Å². The highest BCUT2D eigenvalue weighted by Crippen LogP contribution is 2.23. The average Bonchev–Trinajstić information content (AvgIpc) is 2.74. The van der Waals surface area contributed by atoms with E-state index in [-0.39, 0.29) is 6.10 Å². The van der Waals surface area contributed by atoms with Crippen LogP contribution in [0.3, 0.4) is 0 Å². The minimum absolute atomic E-state index is 0.0693. The third-order valence-electron chi connectivity index (χ3n) is 2.79. The number of para-hydroxylation sites is 1. The van der Waals surface area contributed by atoms with Gasteiger partial charge in [0, 0.05) is 24.6 Å². The van der Waals surface area contributed by atoms with Crippen molar-refractivity contribution in [3.8, 4) is 5.69 Å². The molecule has 1 aromatic heterocycles. The molecule has 0 fully saturated rings. The fourth-order valence-electron chi connectivity index (χ4n) is 1.77. The predicted octanol–water partition coefficient (Wildman–Crippen LogP) is 2.89. The lowest BCUT2D eigenvalue weighted by Gasteiger charge is -2.15.